The van der Waals surface area contributed by atoms with Crippen molar-refractivity contribution >= 4 is 48.9 Å². The number of aryl methyl sites for hydroxylation is 1. The van der Waals surface area contributed by atoms with Crippen LogP contribution in [0.1, 0.15) is 11.1 Å². The van der Waals surface area contributed by atoms with E-state index in [-0.39, 0.29) is 4.90 Å². The topological polar surface area (TPSA) is 72.2 Å². The Labute approximate surface area is 137 Å². The maximum absolute atomic E-state index is 12.6. The first kappa shape index (κ1) is 16.1. The average molecular weight is 390 g/mol. The molecule has 0 bridgehead atoms. The molecule has 0 unspecified atom stereocenters. The predicted octanol–water partition coefficient (Wildman–Crippen LogP) is 4.10. The number of halogens is 2. The number of hydrogen-bond acceptors (Lipinski definition) is 3. The van der Waals surface area contributed by atoms with Gasteiger partial charge in [-0.25, -0.2) is 8.42 Å². The Kier molecular flexibility index (Phi) is 4.51. The Bertz CT molecular complexity index is 807. The Morgan fingerprint density at radius 1 is 1.19 bits per heavy atom. The molecule has 0 aliphatic rings. The Morgan fingerprint density at radius 2 is 1.86 bits per heavy atom. The van der Waals surface area contributed by atoms with E-state index in [0.29, 0.717) is 32.0 Å². The zero-order valence-corrected chi connectivity index (χ0v) is 14.6. The molecule has 2 aromatic carbocycles. The van der Waals surface area contributed by atoms with E-state index in [0.717, 1.165) is 0 Å². The molecule has 112 valence electrons. The second kappa shape index (κ2) is 5.87. The zero-order chi connectivity index (χ0) is 15.8. The molecule has 2 rings (SSSR count). The fraction of sp³-hybridized carbons (Fsp3) is 0.143. The van der Waals surface area contributed by atoms with E-state index in [1.165, 1.54) is 0 Å². The molecule has 3 N–H and O–H groups in total. The molecule has 0 atom stereocenters. The van der Waals surface area contributed by atoms with Crippen LogP contribution < -0.4 is 10.5 Å². The fourth-order valence-electron chi connectivity index (χ4n) is 2.03. The summed E-state index contributed by atoms with van der Waals surface area (Å²) >= 11 is 9.25. The molecule has 0 fully saturated rings. The van der Waals surface area contributed by atoms with E-state index in [9.17, 15) is 8.42 Å². The fourth-order valence-corrected chi connectivity index (χ4v) is 4.28. The van der Waals surface area contributed by atoms with Crippen LogP contribution >= 0.6 is 27.5 Å². The highest BCUT2D eigenvalue weighted by Gasteiger charge is 2.22. The van der Waals surface area contributed by atoms with Crippen molar-refractivity contribution in [2.24, 2.45) is 0 Å². The minimum absolute atomic E-state index is 0.189. The third kappa shape index (κ3) is 3.17. The number of rotatable bonds is 3. The first-order valence-electron chi connectivity index (χ1n) is 6.06. The van der Waals surface area contributed by atoms with Crippen molar-refractivity contribution in [3.8, 4) is 0 Å². The number of anilines is 2. The summed E-state index contributed by atoms with van der Waals surface area (Å²) in [6.45, 7) is 3.41. The lowest BCUT2D eigenvalue weighted by Gasteiger charge is -2.15. The molecule has 2 aromatic rings. The molecule has 0 aliphatic carbocycles. The predicted molar refractivity (Wildman–Crippen MR) is 90.3 cm³/mol. The SMILES string of the molecule is Cc1ccc(N)c(C)c1S(=O)(=O)Nc1cccc(Cl)c1Br. The van der Waals surface area contributed by atoms with Crippen LogP contribution in [-0.2, 0) is 10.0 Å². The molecule has 0 saturated heterocycles. The third-order valence-electron chi connectivity index (χ3n) is 3.11. The van der Waals surface area contributed by atoms with Crippen molar-refractivity contribution in [1.29, 1.82) is 0 Å². The van der Waals surface area contributed by atoms with Gasteiger partial charge in [0, 0.05) is 5.69 Å². The summed E-state index contributed by atoms with van der Waals surface area (Å²) in [5.74, 6) is 0. The quantitative estimate of drug-likeness (QED) is 0.776. The first-order valence-corrected chi connectivity index (χ1v) is 8.72. The summed E-state index contributed by atoms with van der Waals surface area (Å²) in [4.78, 5) is 0.189. The second-order valence-corrected chi connectivity index (χ2v) is 7.45. The van der Waals surface area contributed by atoms with Crippen molar-refractivity contribution < 1.29 is 8.42 Å². The molecule has 0 heterocycles. The average Bonchev–Trinajstić information content (AvgIpc) is 2.39. The van der Waals surface area contributed by atoms with E-state index in [1.54, 1.807) is 44.2 Å². The third-order valence-corrected chi connectivity index (χ3v) is 6.16. The number of hydrogen-bond donors (Lipinski definition) is 2. The van der Waals surface area contributed by atoms with Crippen molar-refractivity contribution in [1.82, 2.24) is 0 Å². The summed E-state index contributed by atoms with van der Waals surface area (Å²) < 4.78 is 28.3. The number of nitrogens with one attached hydrogen (secondary N) is 1. The molecule has 4 nitrogen and oxygen atoms in total. The minimum atomic E-state index is -3.76. The van der Waals surface area contributed by atoms with Crippen LogP contribution in [-0.4, -0.2) is 8.42 Å². The highest BCUT2D eigenvalue weighted by Crippen LogP contribution is 2.33. The van der Waals surface area contributed by atoms with Gasteiger partial charge in [-0.15, -0.1) is 0 Å². The van der Waals surface area contributed by atoms with Crippen LogP contribution in [0.2, 0.25) is 5.02 Å². The molecule has 0 aliphatic heterocycles. The molecular formula is C14H14BrClN2O2S. The van der Waals surface area contributed by atoms with E-state index < -0.39 is 10.0 Å². The highest BCUT2D eigenvalue weighted by molar-refractivity contribution is 9.10. The lowest BCUT2D eigenvalue weighted by molar-refractivity contribution is 0.600. The van der Waals surface area contributed by atoms with Crippen molar-refractivity contribution in [2.45, 2.75) is 18.7 Å². The normalized spacial score (nSPS) is 11.4. The van der Waals surface area contributed by atoms with Crippen molar-refractivity contribution in [2.75, 3.05) is 10.5 Å². The van der Waals surface area contributed by atoms with Gasteiger partial charge in [0.15, 0.2) is 0 Å². The van der Waals surface area contributed by atoms with E-state index in [2.05, 4.69) is 20.7 Å². The monoisotopic (exact) mass is 388 g/mol. The van der Waals surface area contributed by atoms with Crippen molar-refractivity contribution in [3.05, 3.63) is 51.0 Å². The standard InChI is InChI=1S/C14H14BrClN2O2S/c1-8-6-7-11(17)9(2)14(8)21(19,20)18-12-5-3-4-10(16)13(12)15/h3-7,18H,17H2,1-2H3. The molecular weight excluding hydrogens is 376 g/mol. The van der Waals surface area contributed by atoms with Gasteiger partial charge in [-0.2, -0.15) is 0 Å². The van der Waals surface area contributed by atoms with E-state index in [1.807, 2.05) is 0 Å². The first-order chi connectivity index (χ1) is 9.74. The maximum Gasteiger partial charge on any atom is 0.262 e. The lowest BCUT2D eigenvalue weighted by Crippen LogP contribution is -2.16. The summed E-state index contributed by atoms with van der Waals surface area (Å²) in [6, 6.07) is 8.35. The lowest BCUT2D eigenvalue weighted by atomic mass is 10.1. The molecule has 0 radical (unpaired) electrons. The maximum atomic E-state index is 12.6. The smallest absolute Gasteiger partial charge is 0.262 e. The Balaban J connectivity index is 2.54. The molecule has 0 aromatic heterocycles. The Hall–Kier alpha value is -1.24. The van der Waals surface area contributed by atoms with Gasteiger partial charge in [-0.3, -0.25) is 4.72 Å². The van der Waals surface area contributed by atoms with Gasteiger partial charge in [-0.1, -0.05) is 23.7 Å². The van der Waals surface area contributed by atoms with Crippen LogP contribution in [0.25, 0.3) is 0 Å². The van der Waals surface area contributed by atoms with Gasteiger partial charge in [0.05, 0.1) is 20.1 Å². The summed E-state index contributed by atoms with van der Waals surface area (Å²) in [5.41, 5.74) is 7.79. The van der Waals surface area contributed by atoms with Gasteiger partial charge >= 0.3 is 0 Å². The van der Waals surface area contributed by atoms with Crippen LogP contribution in [0.4, 0.5) is 11.4 Å². The van der Waals surface area contributed by atoms with Crippen LogP contribution in [0, 0.1) is 13.8 Å². The zero-order valence-electron chi connectivity index (χ0n) is 11.4. The number of sulfonamides is 1. The summed E-state index contributed by atoms with van der Waals surface area (Å²) in [5, 5.41) is 0.427. The van der Waals surface area contributed by atoms with Crippen LogP contribution in [0.5, 0.6) is 0 Å². The Morgan fingerprint density at radius 3 is 2.52 bits per heavy atom. The van der Waals surface area contributed by atoms with Crippen LogP contribution in [0.15, 0.2) is 39.7 Å². The van der Waals surface area contributed by atoms with Crippen molar-refractivity contribution in [3.63, 3.8) is 0 Å². The number of benzene rings is 2. The van der Waals surface area contributed by atoms with Gasteiger partial charge < -0.3 is 5.73 Å². The van der Waals surface area contributed by atoms with Gasteiger partial charge in [0.25, 0.3) is 10.0 Å². The number of nitrogens with two attached hydrogens (primary N) is 1. The molecule has 0 amide bonds. The summed E-state index contributed by atoms with van der Waals surface area (Å²) in [6.07, 6.45) is 0. The molecule has 0 spiro atoms. The van der Waals surface area contributed by atoms with E-state index in [4.69, 9.17) is 17.3 Å². The minimum Gasteiger partial charge on any atom is -0.398 e. The second-order valence-electron chi connectivity index (χ2n) is 4.63. The highest BCUT2D eigenvalue weighted by atomic mass is 79.9. The van der Waals surface area contributed by atoms with Crippen LogP contribution in [0.3, 0.4) is 0 Å². The van der Waals surface area contributed by atoms with Gasteiger partial charge in [-0.05, 0) is 59.1 Å². The van der Waals surface area contributed by atoms with E-state index >= 15 is 0 Å². The van der Waals surface area contributed by atoms with Gasteiger partial charge in [0.2, 0.25) is 0 Å². The van der Waals surface area contributed by atoms with Gasteiger partial charge in [0.1, 0.15) is 0 Å². The largest absolute Gasteiger partial charge is 0.398 e. The molecule has 7 heteroatoms. The number of nitrogen functional groups attached to an aromatic ring is 1. The summed E-state index contributed by atoms with van der Waals surface area (Å²) in [7, 11) is -3.76. The molecule has 0 saturated carbocycles. The molecule has 21 heavy (non-hydrogen) atoms.